The average molecular weight is 339 g/mol. The number of phenols is 1. The van der Waals surface area contributed by atoms with Gasteiger partial charge in [0.2, 0.25) is 5.91 Å². The molecule has 25 heavy (non-hydrogen) atoms. The monoisotopic (exact) mass is 339 g/mol. The molecule has 3 aromatic rings. The van der Waals surface area contributed by atoms with Gasteiger partial charge < -0.3 is 10.4 Å². The number of anilines is 1. The summed E-state index contributed by atoms with van der Waals surface area (Å²) >= 11 is 0. The first-order valence-electron chi connectivity index (χ1n) is 7.43. The van der Waals surface area contributed by atoms with E-state index >= 15 is 0 Å². The smallest absolute Gasteiger partial charge is 0.254 e. The molecule has 0 unspecified atom stereocenters. The minimum Gasteiger partial charge on any atom is -0.508 e. The third-order valence-corrected chi connectivity index (χ3v) is 3.47. The largest absolute Gasteiger partial charge is 0.508 e. The molecule has 0 aliphatic carbocycles. The van der Waals surface area contributed by atoms with E-state index in [1.165, 1.54) is 36.7 Å². The highest BCUT2D eigenvalue weighted by Gasteiger charge is 2.10. The summed E-state index contributed by atoms with van der Waals surface area (Å²) in [5.74, 6) is -0.909. The molecule has 2 aromatic carbocycles. The van der Waals surface area contributed by atoms with Crippen molar-refractivity contribution in [1.29, 1.82) is 0 Å². The molecule has 7 heteroatoms. The van der Waals surface area contributed by atoms with Gasteiger partial charge in [-0.05, 0) is 24.3 Å². The lowest BCUT2D eigenvalue weighted by molar-refractivity contribution is -0.116. The molecule has 0 bridgehead atoms. The number of aromatic nitrogens is 2. The SMILES string of the molecule is O=C(Cn1cnc(-c2ccccc2F)cc1=O)Nc1cccc(O)c1. The first-order chi connectivity index (χ1) is 12.0. The van der Waals surface area contributed by atoms with Gasteiger partial charge in [-0.2, -0.15) is 0 Å². The normalized spacial score (nSPS) is 10.4. The molecule has 1 aromatic heterocycles. The highest BCUT2D eigenvalue weighted by atomic mass is 19.1. The number of aromatic hydroxyl groups is 1. The zero-order chi connectivity index (χ0) is 17.8. The van der Waals surface area contributed by atoms with Crippen LogP contribution in [0.5, 0.6) is 5.75 Å². The first-order valence-corrected chi connectivity index (χ1v) is 7.43. The zero-order valence-corrected chi connectivity index (χ0v) is 13.0. The fourth-order valence-corrected chi connectivity index (χ4v) is 2.30. The number of carbonyl (C=O) groups is 1. The minimum absolute atomic E-state index is 0.0193. The molecular formula is C18H14FN3O3. The second-order valence-electron chi connectivity index (χ2n) is 5.32. The molecule has 0 saturated heterocycles. The van der Waals surface area contributed by atoms with Crippen LogP contribution in [-0.4, -0.2) is 20.6 Å². The Labute approximate surface area is 142 Å². The van der Waals surface area contributed by atoms with E-state index < -0.39 is 17.3 Å². The molecule has 126 valence electrons. The van der Waals surface area contributed by atoms with E-state index in [4.69, 9.17) is 0 Å². The predicted octanol–water partition coefficient (Wildman–Crippen LogP) is 2.39. The fourth-order valence-electron chi connectivity index (χ4n) is 2.30. The summed E-state index contributed by atoms with van der Waals surface area (Å²) in [5, 5.41) is 11.9. The van der Waals surface area contributed by atoms with Crippen LogP contribution >= 0.6 is 0 Å². The van der Waals surface area contributed by atoms with E-state index in [2.05, 4.69) is 10.3 Å². The van der Waals surface area contributed by atoms with Gasteiger partial charge in [-0.1, -0.05) is 18.2 Å². The van der Waals surface area contributed by atoms with E-state index in [1.807, 2.05) is 0 Å². The van der Waals surface area contributed by atoms with Crippen molar-refractivity contribution in [2.24, 2.45) is 0 Å². The Morgan fingerprint density at radius 2 is 1.96 bits per heavy atom. The van der Waals surface area contributed by atoms with Gasteiger partial charge in [0, 0.05) is 23.4 Å². The van der Waals surface area contributed by atoms with Gasteiger partial charge >= 0.3 is 0 Å². The van der Waals surface area contributed by atoms with Gasteiger partial charge in [-0.3, -0.25) is 14.2 Å². The van der Waals surface area contributed by atoms with Crippen LogP contribution in [0.3, 0.4) is 0 Å². The second kappa shape index (κ2) is 6.96. The van der Waals surface area contributed by atoms with Crippen molar-refractivity contribution in [1.82, 2.24) is 9.55 Å². The molecule has 0 fully saturated rings. The predicted molar refractivity (Wildman–Crippen MR) is 90.6 cm³/mol. The van der Waals surface area contributed by atoms with Crippen LogP contribution < -0.4 is 10.9 Å². The van der Waals surface area contributed by atoms with E-state index in [0.29, 0.717) is 5.69 Å². The standard InChI is InChI=1S/C18H14FN3O3/c19-15-7-2-1-6-14(15)16-9-18(25)22(11-20-16)10-17(24)21-12-4-3-5-13(23)8-12/h1-9,11,23H,10H2,(H,21,24). The number of halogens is 1. The molecule has 0 spiro atoms. The highest BCUT2D eigenvalue weighted by molar-refractivity contribution is 5.90. The number of benzene rings is 2. The number of amides is 1. The van der Waals surface area contributed by atoms with Crippen LogP contribution in [0.1, 0.15) is 0 Å². The summed E-state index contributed by atoms with van der Waals surface area (Å²) in [5.41, 5.74) is 0.358. The summed E-state index contributed by atoms with van der Waals surface area (Å²) in [7, 11) is 0. The third-order valence-electron chi connectivity index (χ3n) is 3.47. The molecule has 0 radical (unpaired) electrons. The third kappa shape index (κ3) is 3.89. The lowest BCUT2D eigenvalue weighted by Gasteiger charge is -2.08. The Morgan fingerprint density at radius 1 is 1.16 bits per heavy atom. The molecule has 0 aliphatic heterocycles. The number of hydrogen-bond donors (Lipinski definition) is 2. The number of rotatable bonds is 4. The second-order valence-corrected chi connectivity index (χ2v) is 5.32. The van der Waals surface area contributed by atoms with Gasteiger partial charge in [0.25, 0.3) is 5.56 Å². The van der Waals surface area contributed by atoms with E-state index in [1.54, 1.807) is 24.3 Å². The molecule has 1 heterocycles. The van der Waals surface area contributed by atoms with Gasteiger partial charge in [-0.25, -0.2) is 9.37 Å². The first kappa shape index (κ1) is 16.4. The van der Waals surface area contributed by atoms with E-state index in [-0.39, 0.29) is 23.6 Å². The van der Waals surface area contributed by atoms with Crippen molar-refractivity contribution in [3.8, 4) is 17.0 Å². The maximum absolute atomic E-state index is 13.8. The lowest BCUT2D eigenvalue weighted by Crippen LogP contribution is -2.27. The Kier molecular flexibility index (Phi) is 4.56. The van der Waals surface area contributed by atoms with Gasteiger partial charge in [0.1, 0.15) is 18.1 Å². The molecule has 0 atom stereocenters. The topological polar surface area (TPSA) is 84.2 Å². The van der Waals surface area contributed by atoms with Gasteiger partial charge in [0.15, 0.2) is 0 Å². The molecule has 1 amide bonds. The van der Waals surface area contributed by atoms with Crippen molar-refractivity contribution in [3.05, 3.63) is 77.1 Å². The van der Waals surface area contributed by atoms with Crippen LogP contribution in [0.4, 0.5) is 10.1 Å². The average Bonchev–Trinajstić information content (AvgIpc) is 2.57. The number of carbonyl (C=O) groups excluding carboxylic acids is 1. The van der Waals surface area contributed by atoms with Crippen LogP contribution in [-0.2, 0) is 11.3 Å². The number of nitrogens with one attached hydrogen (secondary N) is 1. The zero-order valence-electron chi connectivity index (χ0n) is 13.0. The summed E-state index contributed by atoms with van der Waals surface area (Å²) in [6, 6.07) is 13.2. The lowest BCUT2D eigenvalue weighted by atomic mass is 10.1. The Hall–Kier alpha value is -3.48. The summed E-state index contributed by atoms with van der Waals surface area (Å²) in [6.07, 6.45) is 1.20. The number of phenolic OH excluding ortho intramolecular Hbond substituents is 1. The van der Waals surface area contributed by atoms with Crippen LogP contribution in [0, 0.1) is 5.82 Å². The summed E-state index contributed by atoms with van der Waals surface area (Å²) in [6.45, 7) is -0.251. The highest BCUT2D eigenvalue weighted by Crippen LogP contribution is 2.18. The summed E-state index contributed by atoms with van der Waals surface area (Å²) in [4.78, 5) is 28.2. The summed E-state index contributed by atoms with van der Waals surface area (Å²) < 4.78 is 14.9. The van der Waals surface area contributed by atoms with Crippen molar-refractivity contribution < 1.29 is 14.3 Å². The van der Waals surface area contributed by atoms with Crippen molar-refractivity contribution >= 4 is 11.6 Å². The van der Waals surface area contributed by atoms with Gasteiger partial charge in [-0.15, -0.1) is 0 Å². The Bertz CT molecular complexity index is 985. The molecule has 6 nitrogen and oxygen atoms in total. The Balaban J connectivity index is 1.76. The molecule has 2 N–H and O–H groups in total. The van der Waals surface area contributed by atoms with Crippen molar-refractivity contribution in [2.45, 2.75) is 6.54 Å². The fraction of sp³-hybridized carbons (Fsp3) is 0.0556. The quantitative estimate of drug-likeness (QED) is 0.764. The minimum atomic E-state index is -0.478. The molecule has 3 rings (SSSR count). The molecular weight excluding hydrogens is 325 g/mol. The van der Waals surface area contributed by atoms with Crippen LogP contribution in [0.15, 0.2) is 65.7 Å². The van der Waals surface area contributed by atoms with Crippen molar-refractivity contribution in [2.75, 3.05) is 5.32 Å². The van der Waals surface area contributed by atoms with Crippen LogP contribution in [0.25, 0.3) is 11.3 Å². The molecule has 0 aliphatic rings. The maximum Gasteiger partial charge on any atom is 0.254 e. The maximum atomic E-state index is 13.8. The number of nitrogens with zero attached hydrogens (tertiary/aromatic N) is 2. The Morgan fingerprint density at radius 3 is 2.68 bits per heavy atom. The molecule has 0 saturated carbocycles. The van der Waals surface area contributed by atoms with Gasteiger partial charge in [0.05, 0.1) is 12.0 Å². The van der Waals surface area contributed by atoms with Crippen LogP contribution in [0.2, 0.25) is 0 Å². The van der Waals surface area contributed by atoms with E-state index in [0.717, 1.165) is 4.57 Å². The number of hydrogen-bond acceptors (Lipinski definition) is 4. The van der Waals surface area contributed by atoms with E-state index in [9.17, 15) is 19.1 Å². The van der Waals surface area contributed by atoms with Crippen molar-refractivity contribution in [3.63, 3.8) is 0 Å².